The van der Waals surface area contributed by atoms with Crippen LogP contribution >= 0.6 is 0 Å². The van der Waals surface area contributed by atoms with Crippen molar-refractivity contribution in [2.24, 2.45) is 11.8 Å². The molecule has 0 bridgehead atoms. The maximum Gasteiger partial charge on any atom is 0.186 e. The molecule has 1 fully saturated rings. The molecule has 1 aliphatic carbocycles. The fourth-order valence-electron chi connectivity index (χ4n) is 3.09. The first kappa shape index (κ1) is 18.5. The van der Waals surface area contributed by atoms with E-state index in [9.17, 15) is 20.1 Å². The molecular weight excluding hydrogens is 308 g/mol. The third kappa shape index (κ3) is 3.80. The van der Waals surface area contributed by atoms with Crippen LogP contribution in [0.25, 0.3) is 0 Å². The van der Waals surface area contributed by atoms with Gasteiger partial charge in [-0.2, -0.15) is 0 Å². The van der Waals surface area contributed by atoms with E-state index in [1.165, 1.54) is 6.08 Å². The second-order valence-electron chi connectivity index (χ2n) is 6.05. The zero-order chi connectivity index (χ0) is 17.1. The van der Waals surface area contributed by atoms with Gasteiger partial charge < -0.3 is 35.0 Å². The molecule has 1 saturated heterocycles. The molecule has 132 valence electrons. The van der Waals surface area contributed by atoms with Crippen LogP contribution in [0.2, 0.25) is 0 Å². The van der Waals surface area contributed by atoms with Gasteiger partial charge in [-0.15, -0.1) is 0 Å². The van der Waals surface area contributed by atoms with Crippen LogP contribution in [-0.2, 0) is 14.3 Å². The molecule has 0 aromatic carbocycles. The van der Waals surface area contributed by atoms with E-state index in [0.29, 0.717) is 6.42 Å². The Morgan fingerprint density at radius 3 is 2.43 bits per heavy atom. The Morgan fingerprint density at radius 1 is 1.13 bits per heavy atom. The molecule has 8 nitrogen and oxygen atoms in total. The van der Waals surface area contributed by atoms with Crippen molar-refractivity contribution >= 4 is 5.78 Å². The molecule has 5 N–H and O–H groups in total. The van der Waals surface area contributed by atoms with Gasteiger partial charge in [-0.1, -0.05) is 5.57 Å². The van der Waals surface area contributed by atoms with E-state index in [1.54, 1.807) is 6.92 Å². The molecule has 0 radical (unpaired) electrons. The summed E-state index contributed by atoms with van der Waals surface area (Å²) >= 11 is 0. The zero-order valence-electron chi connectivity index (χ0n) is 12.9. The number of hydrogen-bond donors (Lipinski definition) is 5. The Hall–Kier alpha value is -0.870. The van der Waals surface area contributed by atoms with Crippen LogP contribution in [0.5, 0.6) is 0 Å². The topological polar surface area (TPSA) is 137 Å². The first-order chi connectivity index (χ1) is 10.9. The molecule has 0 aromatic heterocycles. The van der Waals surface area contributed by atoms with Gasteiger partial charge in [0.05, 0.1) is 13.2 Å². The summed E-state index contributed by atoms with van der Waals surface area (Å²) in [7, 11) is 0. The fourth-order valence-corrected chi connectivity index (χ4v) is 3.09. The van der Waals surface area contributed by atoms with Gasteiger partial charge in [0, 0.05) is 18.4 Å². The average Bonchev–Trinajstić information content (AvgIpc) is 2.79. The third-order valence-electron chi connectivity index (χ3n) is 4.53. The lowest BCUT2D eigenvalue weighted by atomic mass is 9.89. The average molecular weight is 332 g/mol. The zero-order valence-corrected chi connectivity index (χ0v) is 12.9. The second-order valence-corrected chi connectivity index (χ2v) is 6.05. The SMILES string of the molecule is CC1=CC(=O)[C@H](CCO)[C@@H]1CO[C@@H]1O[C@H](CO)[C@@H](O)[C@H](O)[C@H]1O. The smallest absolute Gasteiger partial charge is 0.186 e. The monoisotopic (exact) mass is 332 g/mol. The van der Waals surface area contributed by atoms with Crippen molar-refractivity contribution in [1.82, 2.24) is 0 Å². The van der Waals surface area contributed by atoms with Gasteiger partial charge in [0.1, 0.15) is 24.4 Å². The van der Waals surface area contributed by atoms with E-state index in [1.807, 2.05) is 0 Å². The Morgan fingerprint density at radius 2 is 1.83 bits per heavy atom. The van der Waals surface area contributed by atoms with E-state index < -0.39 is 37.3 Å². The molecule has 23 heavy (non-hydrogen) atoms. The molecular formula is C15H24O8. The van der Waals surface area contributed by atoms with E-state index >= 15 is 0 Å². The molecule has 1 aliphatic heterocycles. The Balaban J connectivity index is 1.99. The normalized spacial score (nSPS) is 41.2. The summed E-state index contributed by atoms with van der Waals surface area (Å²) in [5.41, 5.74) is 0.818. The highest BCUT2D eigenvalue weighted by Crippen LogP contribution is 2.33. The highest BCUT2D eigenvalue weighted by atomic mass is 16.7. The van der Waals surface area contributed by atoms with Crippen molar-refractivity contribution in [2.75, 3.05) is 19.8 Å². The van der Waals surface area contributed by atoms with Crippen LogP contribution < -0.4 is 0 Å². The summed E-state index contributed by atoms with van der Waals surface area (Å²) in [4.78, 5) is 11.9. The van der Waals surface area contributed by atoms with Gasteiger partial charge in [0.15, 0.2) is 12.1 Å². The number of rotatable bonds is 6. The summed E-state index contributed by atoms with van der Waals surface area (Å²) < 4.78 is 10.8. The van der Waals surface area contributed by atoms with Gasteiger partial charge >= 0.3 is 0 Å². The van der Waals surface area contributed by atoms with Crippen molar-refractivity contribution in [3.05, 3.63) is 11.6 Å². The largest absolute Gasteiger partial charge is 0.396 e. The predicted octanol–water partition coefficient (Wildman–Crippen LogP) is -2.05. The maximum absolute atomic E-state index is 11.9. The van der Waals surface area contributed by atoms with E-state index in [-0.39, 0.29) is 30.8 Å². The lowest BCUT2D eigenvalue weighted by Gasteiger charge is -2.40. The lowest BCUT2D eigenvalue weighted by Crippen LogP contribution is -2.59. The number of hydrogen-bond acceptors (Lipinski definition) is 8. The Bertz CT molecular complexity index is 449. The maximum atomic E-state index is 11.9. The number of ether oxygens (including phenoxy) is 2. The molecule has 2 aliphatic rings. The van der Waals surface area contributed by atoms with Crippen LogP contribution in [0.3, 0.4) is 0 Å². The summed E-state index contributed by atoms with van der Waals surface area (Å²) in [6.07, 6.45) is -4.83. The van der Waals surface area contributed by atoms with Gasteiger partial charge in [0.2, 0.25) is 0 Å². The minimum atomic E-state index is -1.50. The third-order valence-corrected chi connectivity index (χ3v) is 4.53. The number of allylic oxidation sites excluding steroid dienone is 1. The van der Waals surface area contributed by atoms with Crippen molar-refractivity contribution < 1.29 is 39.8 Å². The minimum Gasteiger partial charge on any atom is -0.396 e. The first-order valence-electron chi connectivity index (χ1n) is 7.65. The molecule has 2 rings (SSSR count). The minimum absolute atomic E-state index is 0.0570. The van der Waals surface area contributed by atoms with Crippen molar-refractivity contribution in [2.45, 2.75) is 44.1 Å². The Labute approximate surface area is 134 Å². The molecule has 0 saturated carbocycles. The molecule has 0 amide bonds. The molecule has 7 atom stereocenters. The molecule has 0 aromatic rings. The molecule has 0 spiro atoms. The number of aliphatic hydroxyl groups is 5. The summed E-state index contributed by atoms with van der Waals surface area (Å²) in [6.45, 7) is 1.20. The van der Waals surface area contributed by atoms with Crippen LogP contribution in [-0.4, -0.2) is 81.8 Å². The lowest BCUT2D eigenvalue weighted by molar-refractivity contribution is -0.303. The standard InChI is InChI=1S/C15H24O8/c1-7-4-10(18)8(2-3-16)9(7)6-22-15-14(21)13(20)12(19)11(5-17)23-15/h4,8-9,11-17,19-21H,2-3,5-6H2,1H3/t8-,9-,11-,12-,13+,14-,15-/m1/s1. The summed E-state index contributed by atoms with van der Waals surface area (Å²) in [5.74, 6) is -0.703. The van der Waals surface area contributed by atoms with Gasteiger partial charge in [-0.05, 0) is 19.4 Å². The molecule has 8 heteroatoms. The van der Waals surface area contributed by atoms with E-state index in [4.69, 9.17) is 19.7 Å². The molecule has 1 heterocycles. The molecule has 0 unspecified atom stereocenters. The van der Waals surface area contributed by atoms with Crippen LogP contribution in [0.4, 0.5) is 0 Å². The van der Waals surface area contributed by atoms with Gasteiger partial charge in [-0.25, -0.2) is 0 Å². The van der Waals surface area contributed by atoms with Crippen molar-refractivity contribution in [3.63, 3.8) is 0 Å². The van der Waals surface area contributed by atoms with Gasteiger partial charge in [-0.3, -0.25) is 4.79 Å². The number of carbonyl (C=O) groups excluding carboxylic acids is 1. The van der Waals surface area contributed by atoms with Crippen molar-refractivity contribution in [1.29, 1.82) is 0 Å². The summed E-state index contributed by atoms with van der Waals surface area (Å²) in [6, 6.07) is 0. The second kappa shape index (κ2) is 7.80. The predicted molar refractivity (Wildman–Crippen MR) is 77.2 cm³/mol. The van der Waals surface area contributed by atoms with Crippen LogP contribution in [0, 0.1) is 11.8 Å². The highest BCUT2D eigenvalue weighted by Gasteiger charge is 2.44. The van der Waals surface area contributed by atoms with Crippen LogP contribution in [0.15, 0.2) is 11.6 Å². The fraction of sp³-hybridized carbons (Fsp3) is 0.800. The Kier molecular flexibility index (Phi) is 6.26. The van der Waals surface area contributed by atoms with E-state index in [2.05, 4.69) is 0 Å². The van der Waals surface area contributed by atoms with Crippen molar-refractivity contribution in [3.8, 4) is 0 Å². The number of ketones is 1. The quantitative estimate of drug-likeness (QED) is 0.375. The first-order valence-corrected chi connectivity index (χ1v) is 7.65. The summed E-state index contributed by atoms with van der Waals surface area (Å²) in [5, 5.41) is 47.6. The highest BCUT2D eigenvalue weighted by molar-refractivity contribution is 5.95. The van der Waals surface area contributed by atoms with Gasteiger partial charge in [0.25, 0.3) is 0 Å². The number of carbonyl (C=O) groups is 1. The van der Waals surface area contributed by atoms with Crippen LogP contribution in [0.1, 0.15) is 13.3 Å². The van der Waals surface area contributed by atoms with E-state index in [0.717, 1.165) is 5.57 Å². The number of aliphatic hydroxyl groups excluding tert-OH is 5.